The van der Waals surface area contributed by atoms with Crippen LogP contribution < -0.4 is 10.9 Å². The van der Waals surface area contributed by atoms with Gasteiger partial charge in [0.05, 0.1) is 0 Å². The van der Waals surface area contributed by atoms with Crippen LogP contribution >= 0.6 is 0 Å². The second kappa shape index (κ2) is 5.24. The van der Waals surface area contributed by atoms with E-state index in [0.29, 0.717) is 0 Å². The lowest BCUT2D eigenvalue weighted by molar-refractivity contribution is 0.152. The van der Waals surface area contributed by atoms with Crippen LogP contribution in [0.4, 0.5) is 0 Å². The first-order valence-corrected chi connectivity index (χ1v) is 6.58. The molecule has 0 saturated carbocycles. The largest absolute Gasteiger partial charge is 0.396 e. The van der Waals surface area contributed by atoms with Crippen LogP contribution in [0.1, 0.15) is 44.0 Å². The van der Waals surface area contributed by atoms with Crippen molar-refractivity contribution in [2.24, 2.45) is 5.41 Å². The Kier molecular flexibility index (Phi) is 3.88. The van der Waals surface area contributed by atoms with Crippen molar-refractivity contribution in [1.82, 2.24) is 10.3 Å². The third-order valence-electron chi connectivity index (χ3n) is 3.59. The van der Waals surface area contributed by atoms with E-state index in [1.165, 1.54) is 5.56 Å². The van der Waals surface area contributed by atoms with Gasteiger partial charge >= 0.3 is 0 Å². The van der Waals surface area contributed by atoms with Crippen LogP contribution in [0.5, 0.6) is 0 Å². The highest BCUT2D eigenvalue weighted by Gasteiger charge is 2.23. The lowest BCUT2D eigenvalue weighted by Gasteiger charge is -2.30. The summed E-state index contributed by atoms with van der Waals surface area (Å²) in [5.41, 5.74) is 2.13. The van der Waals surface area contributed by atoms with Crippen LogP contribution in [0.15, 0.2) is 16.9 Å². The molecule has 4 nitrogen and oxygen atoms in total. The van der Waals surface area contributed by atoms with Gasteiger partial charge in [-0.15, -0.1) is 0 Å². The summed E-state index contributed by atoms with van der Waals surface area (Å²) in [5.74, 6) is 0. The predicted molar refractivity (Wildman–Crippen MR) is 71.6 cm³/mol. The van der Waals surface area contributed by atoms with Crippen molar-refractivity contribution in [3.05, 3.63) is 33.7 Å². The zero-order valence-electron chi connectivity index (χ0n) is 11.1. The van der Waals surface area contributed by atoms with Crippen molar-refractivity contribution in [2.75, 3.05) is 13.2 Å². The molecule has 18 heavy (non-hydrogen) atoms. The predicted octanol–water partition coefficient (Wildman–Crippen LogP) is 1.36. The molecule has 1 aromatic heterocycles. The maximum atomic E-state index is 11.3. The SMILES string of the molecule is CC(C)(CO)CNC1CCCc2[nH]c(=O)ccc21. The number of aryl methyl sites for hydroxylation is 1. The van der Waals surface area contributed by atoms with Crippen LogP contribution in [0.25, 0.3) is 0 Å². The molecule has 3 N–H and O–H groups in total. The average Bonchev–Trinajstić information content (AvgIpc) is 2.36. The summed E-state index contributed by atoms with van der Waals surface area (Å²) < 4.78 is 0. The van der Waals surface area contributed by atoms with Crippen molar-refractivity contribution in [3.63, 3.8) is 0 Å². The molecule has 1 atom stereocenters. The minimum atomic E-state index is -0.111. The van der Waals surface area contributed by atoms with Gasteiger partial charge in [-0.3, -0.25) is 4.79 Å². The molecule has 0 bridgehead atoms. The van der Waals surface area contributed by atoms with E-state index in [1.807, 2.05) is 19.9 Å². The molecule has 1 aliphatic carbocycles. The van der Waals surface area contributed by atoms with Crippen molar-refractivity contribution in [1.29, 1.82) is 0 Å². The Balaban J connectivity index is 2.11. The average molecular weight is 250 g/mol. The van der Waals surface area contributed by atoms with Crippen LogP contribution in [-0.2, 0) is 6.42 Å². The van der Waals surface area contributed by atoms with Gasteiger partial charge in [0.25, 0.3) is 0 Å². The van der Waals surface area contributed by atoms with Gasteiger partial charge in [0, 0.05) is 36.4 Å². The number of nitrogens with one attached hydrogen (secondary N) is 2. The molecule has 0 saturated heterocycles. The molecule has 1 aromatic rings. The number of hydrogen-bond acceptors (Lipinski definition) is 3. The van der Waals surface area contributed by atoms with Crippen molar-refractivity contribution in [3.8, 4) is 0 Å². The highest BCUT2D eigenvalue weighted by molar-refractivity contribution is 5.26. The van der Waals surface area contributed by atoms with E-state index in [1.54, 1.807) is 6.07 Å². The molecule has 1 aliphatic rings. The first-order valence-electron chi connectivity index (χ1n) is 6.58. The Morgan fingerprint density at radius 3 is 3.00 bits per heavy atom. The number of aromatic amines is 1. The summed E-state index contributed by atoms with van der Waals surface area (Å²) in [5, 5.41) is 12.8. The van der Waals surface area contributed by atoms with Crippen molar-refractivity contribution in [2.45, 2.75) is 39.2 Å². The second-order valence-corrected chi connectivity index (χ2v) is 5.90. The first-order chi connectivity index (χ1) is 8.52. The fourth-order valence-electron chi connectivity index (χ4n) is 2.37. The van der Waals surface area contributed by atoms with Crippen LogP contribution in [-0.4, -0.2) is 23.2 Å². The molecule has 100 valence electrons. The summed E-state index contributed by atoms with van der Waals surface area (Å²) in [4.78, 5) is 14.2. The van der Waals surface area contributed by atoms with E-state index in [2.05, 4.69) is 10.3 Å². The Hall–Kier alpha value is -1.13. The molecule has 4 heteroatoms. The Labute approximate surface area is 107 Å². The summed E-state index contributed by atoms with van der Waals surface area (Å²) in [6.07, 6.45) is 3.12. The van der Waals surface area contributed by atoms with Gasteiger partial charge in [-0.05, 0) is 24.8 Å². The molecule has 0 spiro atoms. The molecular weight excluding hydrogens is 228 g/mol. The van der Waals surface area contributed by atoms with Crippen LogP contribution in [0.2, 0.25) is 0 Å². The standard InChI is InChI=1S/C14H22N2O2/c1-14(2,9-17)8-15-11-4-3-5-12-10(11)6-7-13(18)16-12/h6-7,11,15,17H,3-5,8-9H2,1-2H3,(H,16,18). The van der Waals surface area contributed by atoms with E-state index in [9.17, 15) is 9.90 Å². The molecule has 1 unspecified atom stereocenters. The fourth-order valence-corrected chi connectivity index (χ4v) is 2.37. The highest BCUT2D eigenvalue weighted by Crippen LogP contribution is 2.28. The summed E-state index contributed by atoms with van der Waals surface area (Å²) in [6.45, 7) is 5.02. The number of pyridine rings is 1. The molecule has 2 rings (SSSR count). The monoisotopic (exact) mass is 250 g/mol. The Morgan fingerprint density at radius 2 is 2.28 bits per heavy atom. The molecule has 0 radical (unpaired) electrons. The molecular formula is C14H22N2O2. The minimum Gasteiger partial charge on any atom is -0.396 e. The molecule has 1 heterocycles. The van der Waals surface area contributed by atoms with Gasteiger partial charge in [0.1, 0.15) is 0 Å². The van der Waals surface area contributed by atoms with E-state index < -0.39 is 0 Å². The van der Waals surface area contributed by atoms with E-state index in [-0.39, 0.29) is 23.6 Å². The zero-order valence-corrected chi connectivity index (χ0v) is 11.1. The first kappa shape index (κ1) is 13.3. The second-order valence-electron chi connectivity index (χ2n) is 5.90. The normalized spacial score (nSPS) is 19.6. The molecule has 0 fully saturated rings. The fraction of sp³-hybridized carbons (Fsp3) is 0.643. The molecule has 0 aliphatic heterocycles. The van der Waals surface area contributed by atoms with Gasteiger partial charge in [-0.1, -0.05) is 19.9 Å². The highest BCUT2D eigenvalue weighted by atomic mass is 16.3. The third kappa shape index (κ3) is 3.00. The lowest BCUT2D eigenvalue weighted by atomic mass is 9.89. The topological polar surface area (TPSA) is 65.1 Å². The quantitative estimate of drug-likeness (QED) is 0.756. The zero-order chi connectivity index (χ0) is 13.2. The number of hydrogen-bond donors (Lipinski definition) is 3. The minimum absolute atomic E-state index is 0.0231. The molecule has 0 aromatic carbocycles. The van der Waals surface area contributed by atoms with Crippen LogP contribution in [0, 0.1) is 5.41 Å². The number of rotatable bonds is 4. The Bertz CT molecular complexity index is 465. The van der Waals surface area contributed by atoms with Crippen molar-refractivity contribution < 1.29 is 5.11 Å². The van der Waals surface area contributed by atoms with Gasteiger partial charge in [-0.25, -0.2) is 0 Å². The number of aliphatic hydroxyl groups is 1. The van der Waals surface area contributed by atoms with Gasteiger partial charge in [0.15, 0.2) is 0 Å². The maximum Gasteiger partial charge on any atom is 0.248 e. The lowest BCUT2D eigenvalue weighted by Crippen LogP contribution is -2.36. The number of fused-ring (bicyclic) bond motifs is 1. The van der Waals surface area contributed by atoms with E-state index in [0.717, 1.165) is 31.5 Å². The summed E-state index contributed by atoms with van der Waals surface area (Å²) in [7, 11) is 0. The number of aliphatic hydroxyl groups excluding tert-OH is 1. The number of aromatic nitrogens is 1. The smallest absolute Gasteiger partial charge is 0.248 e. The molecule has 0 amide bonds. The van der Waals surface area contributed by atoms with Crippen LogP contribution in [0.3, 0.4) is 0 Å². The summed E-state index contributed by atoms with van der Waals surface area (Å²) in [6, 6.07) is 3.81. The van der Waals surface area contributed by atoms with Gasteiger partial charge in [0.2, 0.25) is 5.56 Å². The summed E-state index contributed by atoms with van der Waals surface area (Å²) >= 11 is 0. The maximum absolute atomic E-state index is 11.3. The van der Waals surface area contributed by atoms with E-state index >= 15 is 0 Å². The third-order valence-corrected chi connectivity index (χ3v) is 3.59. The van der Waals surface area contributed by atoms with E-state index in [4.69, 9.17) is 0 Å². The number of H-pyrrole nitrogens is 1. The van der Waals surface area contributed by atoms with Gasteiger partial charge < -0.3 is 15.4 Å². The Morgan fingerprint density at radius 1 is 1.50 bits per heavy atom. The van der Waals surface area contributed by atoms with Crippen molar-refractivity contribution >= 4 is 0 Å². The van der Waals surface area contributed by atoms with Gasteiger partial charge in [-0.2, -0.15) is 0 Å².